The summed E-state index contributed by atoms with van der Waals surface area (Å²) in [7, 11) is -8.39. The highest BCUT2D eigenvalue weighted by Gasteiger charge is 2.49. The largest absolute Gasteiger partial charge is 0.534 e. The minimum absolute atomic E-state index is 0.0289. The van der Waals surface area contributed by atoms with E-state index in [-0.39, 0.29) is 82.7 Å². The van der Waals surface area contributed by atoms with E-state index >= 15 is 4.39 Å². The zero-order chi connectivity index (χ0) is 39.3. The van der Waals surface area contributed by atoms with E-state index in [9.17, 15) is 30.8 Å². The van der Waals surface area contributed by atoms with Gasteiger partial charge >= 0.3 is 21.7 Å². The maximum atomic E-state index is 16.1. The quantitative estimate of drug-likeness (QED) is 0.0539. The maximum Gasteiger partial charge on any atom is 0.534 e. The summed E-state index contributed by atoms with van der Waals surface area (Å²) in [6.45, 7) is 16.1. The molecule has 0 aliphatic carbocycles. The average Bonchev–Trinajstić information content (AvgIpc) is 3.61. The fourth-order valence-electron chi connectivity index (χ4n) is 5.25. The molecule has 11 nitrogen and oxygen atoms in total. The van der Waals surface area contributed by atoms with E-state index in [1.165, 1.54) is 16.3 Å². The van der Waals surface area contributed by atoms with Gasteiger partial charge in [-0.3, -0.25) is 4.68 Å². The molecule has 0 unspecified atom stereocenters. The van der Waals surface area contributed by atoms with Crippen molar-refractivity contribution < 1.29 is 53.2 Å². The van der Waals surface area contributed by atoms with Crippen LogP contribution >= 0.6 is 11.3 Å². The van der Waals surface area contributed by atoms with E-state index in [1.54, 1.807) is 31.5 Å². The number of nitrogens with zero attached hydrogens (tertiary/aromatic N) is 4. The second-order valence-electron chi connectivity index (χ2n) is 15.0. The summed E-state index contributed by atoms with van der Waals surface area (Å²) >= 11 is 0.944. The van der Waals surface area contributed by atoms with E-state index < -0.39 is 53.2 Å². The molecule has 0 saturated carbocycles. The van der Waals surface area contributed by atoms with Crippen molar-refractivity contribution >= 4 is 46.0 Å². The highest BCUT2D eigenvalue weighted by atomic mass is 32.2. The van der Waals surface area contributed by atoms with E-state index in [4.69, 9.17) is 13.9 Å². The molecule has 0 atom stereocenters. The van der Waals surface area contributed by atoms with Gasteiger partial charge in [-0.1, -0.05) is 20.8 Å². The van der Waals surface area contributed by atoms with Crippen LogP contribution in [0.5, 0.6) is 11.6 Å². The van der Waals surface area contributed by atoms with Gasteiger partial charge in [-0.05, 0) is 56.4 Å². The van der Waals surface area contributed by atoms with Gasteiger partial charge in [0, 0.05) is 42.9 Å². The van der Waals surface area contributed by atoms with Crippen LogP contribution in [-0.4, -0.2) is 79.9 Å². The lowest BCUT2D eigenvalue weighted by Gasteiger charge is -2.36. The molecule has 1 aliphatic rings. The van der Waals surface area contributed by atoms with Gasteiger partial charge in [-0.25, -0.2) is 18.6 Å². The topological polar surface area (TPSA) is 122 Å². The van der Waals surface area contributed by atoms with E-state index in [0.29, 0.717) is 11.8 Å². The van der Waals surface area contributed by atoms with Gasteiger partial charge in [-0.2, -0.15) is 26.7 Å². The van der Waals surface area contributed by atoms with Gasteiger partial charge in [0.05, 0.1) is 28.8 Å². The zero-order valence-corrected chi connectivity index (χ0v) is 33.1. The van der Waals surface area contributed by atoms with Crippen LogP contribution in [0.15, 0.2) is 29.6 Å². The Labute approximate surface area is 309 Å². The Balaban J connectivity index is 1.63. The lowest BCUT2D eigenvalue weighted by atomic mass is 9.98. The first-order chi connectivity index (χ1) is 24.4. The van der Waals surface area contributed by atoms with Crippen LogP contribution in [0.3, 0.4) is 0 Å². The number of amides is 1. The summed E-state index contributed by atoms with van der Waals surface area (Å²) in [6, 6.07) is 4.44. The summed E-state index contributed by atoms with van der Waals surface area (Å²) in [5, 5.41) is 5.76. The highest BCUT2D eigenvalue weighted by molar-refractivity contribution is 7.88. The van der Waals surface area contributed by atoms with Crippen LogP contribution in [0.25, 0.3) is 32.6 Å². The molecular formula is C34H41F5N4O7S2Si. The number of ether oxygens (including phenoxy) is 2. The molecule has 1 aromatic carbocycles. The van der Waals surface area contributed by atoms with E-state index in [0.717, 1.165) is 17.4 Å². The van der Waals surface area contributed by atoms with Crippen molar-refractivity contribution in [3.63, 3.8) is 0 Å². The summed E-state index contributed by atoms with van der Waals surface area (Å²) in [5.74, 6) is -3.19. The average molecular weight is 805 g/mol. The molecule has 1 aliphatic heterocycles. The fraction of sp³-hybridized carbons (Fsp3) is 0.500. The monoisotopic (exact) mass is 804 g/mol. The Bertz CT molecular complexity index is 2100. The zero-order valence-electron chi connectivity index (χ0n) is 30.5. The van der Waals surface area contributed by atoms with Crippen molar-refractivity contribution in [3.8, 4) is 34.1 Å². The van der Waals surface area contributed by atoms with Gasteiger partial charge in [-0.15, -0.1) is 11.3 Å². The number of rotatable bonds is 9. The second kappa shape index (κ2) is 14.4. The highest BCUT2D eigenvalue weighted by Crippen LogP contribution is 2.47. The Hall–Kier alpha value is -3.81. The summed E-state index contributed by atoms with van der Waals surface area (Å²) in [4.78, 5) is 18.5. The molecule has 5 rings (SSSR count). The molecule has 0 bridgehead atoms. The van der Waals surface area contributed by atoms with Gasteiger partial charge in [0.15, 0.2) is 8.32 Å². The summed E-state index contributed by atoms with van der Waals surface area (Å²) in [6.07, 6.45) is -0.237. The molecule has 0 N–H and O–H groups in total. The predicted octanol–water partition coefficient (Wildman–Crippen LogP) is 8.53. The number of halogens is 5. The molecule has 19 heteroatoms. The Morgan fingerprint density at radius 1 is 0.981 bits per heavy atom. The SMILES string of the molecule is CC(C)(C)OC(=O)N1CCc2cc(-c3nc(OS(=O)(=O)C(F)(F)F)c4ccsc4c3-c3c(F)cc(F)cc3OCCO[Si](C)(C)C(C)(C)C)nn2CC1. The van der Waals surface area contributed by atoms with Gasteiger partial charge in [0.1, 0.15) is 41.0 Å². The van der Waals surface area contributed by atoms with Crippen LogP contribution in [-0.2, 0) is 32.2 Å². The van der Waals surface area contributed by atoms with E-state index in [2.05, 4.69) is 35.0 Å². The molecule has 4 heterocycles. The third-order valence-corrected chi connectivity index (χ3v) is 15.3. The molecule has 0 saturated heterocycles. The number of alkyl halides is 3. The summed E-state index contributed by atoms with van der Waals surface area (Å²) < 4.78 is 120. The van der Waals surface area contributed by atoms with Crippen LogP contribution in [0.2, 0.25) is 18.1 Å². The number of fused-ring (bicyclic) bond motifs is 2. The van der Waals surface area contributed by atoms with Gasteiger partial charge in [0.25, 0.3) is 0 Å². The molecule has 3 aromatic heterocycles. The normalized spacial score (nSPS) is 14.6. The van der Waals surface area contributed by atoms with Crippen molar-refractivity contribution in [2.75, 3.05) is 26.3 Å². The summed E-state index contributed by atoms with van der Waals surface area (Å²) in [5.41, 5.74) is -6.44. The molecule has 0 radical (unpaired) electrons. The van der Waals surface area contributed by atoms with Gasteiger partial charge in [0.2, 0.25) is 5.88 Å². The second-order valence-corrected chi connectivity index (χ2v) is 22.2. The molecule has 1 amide bonds. The fourth-order valence-corrected chi connectivity index (χ4v) is 7.65. The number of carbonyl (C=O) groups is 1. The van der Waals surface area contributed by atoms with E-state index in [1.807, 2.05) is 13.1 Å². The molecule has 0 spiro atoms. The maximum absolute atomic E-state index is 16.1. The molecule has 4 aromatic rings. The Morgan fingerprint density at radius 2 is 1.68 bits per heavy atom. The van der Waals surface area contributed by atoms with Crippen molar-refractivity contribution in [1.29, 1.82) is 0 Å². The Kier molecular flexibility index (Phi) is 11.0. The molecular weight excluding hydrogens is 764 g/mol. The molecule has 0 fully saturated rings. The van der Waals surface area contributed by atoms with Crippen LogP contribution in [0.1, 0.15) is 47.2 Å². The van der Waals surface area contributed by atoms with Crippen LogP contribution in [0, 0.1) is 11.6 Å². The van der Waals surface area contributed by atoms with Gasteiger partial charge < -0.3 is 23.0 Å². The first-order valence-electron chi connectivity index (χ1n) is 16.6. The lowest BCUT2D eigenvalue weighted by Crippen LogP contribution is -2.41. The number of aromatic nitrogens is 3. The third-order valence-electron chi connectivity index (χ3n) is 8.90. The number of carbonyl (C=O) groups excluding carboxylic acids is 1. The standard InChI is InChI=1S/C34H41F5N4O7S2Si/c1-32(2,3)49-31(44)42-11-9-21-19-24(41-43(21)13-12-42)28-27(29-22(10-16-51-29)30(40-28)50-52(45,46)34(37,38)39)26-23(36)17-20(35)18-25(26)47-14-15-48-53(7,8)33(4,5)6/h10,16-19H,9,11-15H2,1-8H3. The van der Waals surface area contributed by atoms with Crippen LogP contribution in [0.4, 0.5) is 26.7 Å². The predicted molar refractivity (Wildman–Crippen MR) is 192 cm³/mol. The molecule has 53 heavy (non-hydrogen) atoms. The van der Waals surface area contributed by atoms with Crippen LogP contribution < -0.4 is 8.92 Å². The minimum atomic E-state index is -6.18. The first-order valence-corrected chi connectivity index (χ1v) is 21.8. The van der Waals surface area contributed by atoms with Crippen molar-refractivity contribution in [2.45, 2.75) is 83.7 Å². The number of hydrogen-bond donors (Lipinski definition) is 0. The molecule has 290 valence electrons. The first kappa shape index (κ1) is 40.4. The van der Waals surface area contributed by atoms with Crippen molar-refractivity contribution in [2.24, 2.45) is 0 Å². The third kappa shape index (κ3) is 8.78. The Morgan fingerprint density at radius 3 is 2.32 bits per heavy atom. The number of benzene rings is 1. The van der Waals surface area contributed by atoms with Crippen molar-refractivity contribution in [1.82, 2.24) is 19.7 Å². The number of thiophene rings is 1. The minimum Gasteiger partial charge on any atom is -0.490 e. The lowest BCUT2D eigenvalue weighted by molar-refractivity contribution is -0.0500. The smallest absolute Gasteiger partial charge is 0.490 e. The van der Waals surface area contributed by atoms with Crippen molar-refractivity contribution in [3.05, 3.63) is 47.0 Å². The number of hydrogen-bond acceptors (Lipinski definition) is 10. The number of pyridine rings is 1.